The fourth-order valence-electron chi connectivity index (χ4n) is 1.47. The van der Waals surface area contributed by atoms with Gasteiger partial charge in [-0.25, -0.2) is 16.8 Å². The van der Waals surface area contributed by atoms with Crippen molar-refractivity contribution in [2.75, 3.05) is 34.6 Å². The van der Waals surface area contributed by atoms with Crippen molar-refractivity contribution in [3.05, 3.63) is 23.8 Å². The molecule has 0 aliphatic carbocycles. The van der Waals surface area contributed by atoms with E-state index in [1.165, 1.54) is 6.07 Å². The van der Waals surface area contributed by atoms with Crippen LogP contribution in [0.3, 0.4) is 0 Å². The third-order valence-electron chi connectivity index (χ3n) is 2.68. The van der Waals surface area contributed by atoms with Crippen molar-refractivity contribution < 1.29 is 21.6 Å². The second-order valence-electron chi connectivity index (χ2n) is 4.84. The zero-order chi connectivity index (χ0) is 16.3. The third kappa shape index (κ3) is 6.58. The van der Waals surface area contributed by atoms with Gasteiger partial charge in [0.15, 0.2) is 9.84 Å². The number of sulfone groups is 2. The van der Waals surface area contributed by atoms with Gasteiger partial charge >= 0.3 is 0 Å². The number of amides is 1. The van der Waals surface area contributed by atoms with Crippen LogP contribution >= 0.6 is 0 Å². The zero-order valence-corrected chi connectivity index (χ0v) is 13.4. The summed E-state index contributed by atoms with van der Waals surface area (Å²) in [5.41, 5.74) is 7.39. The zero-order valence-electron chi connectivity index (χ0n) is 11.8. The van der Waals surface area contributed by atoms with E-state index >= 15 is 0 Å². The van der Waals surface area contributed by atoms with E-state index in [-0.39, 0.29) is 0 Å². The number of aryl methyl sites for hydroxylation is 1. The molecule has 7 nitrogen and oxygen atoms in total. The molecule has 0 bridgehead atoms. The van der Waals surface area contributed by atoms with Gasteiger partial charge in [-0.05, 0) is 24.6 Å². The number of carbonyl (C=O) groups excluding carboxylic acids is 1. The SMILES string of the molecule is Cc1ccc(NC(=O)CS(=O)(=O)CCS(C)(=O)=O)cc1N. The van der Waals surface area contributed by atoms with Crippen LogP contribution in [0.25, 0.3) is 0 Å². The molecule has 0 atom stereocenters. The Hall–Kier alpha value is -1.61. The largest absolute Gasteiger partial charge is 0.398 e. The van der Waals surface area contributed by atoms with Crippen molar-refractivity contribution in [1.82, 2.24) is 0 Å². The molecule has 0 radical (unpaired) electrons. The first-order valence-electron chi connectivity index (χ1n) is 6.03. The lowest BCUT2D eigenvalue weighted by molar-refractivity contribution is -0.113. The number of nitrogen functional groups attached to an aromatic ring is 1. The van der Waals surface area contributed by atoms with Crippen molar-refractivity contribution >= 4 is 37.0 Å². The molecule has 118 valence electrons. The molecule has 1 aromatic rings. The maximum atomic E-state index is 11.7. The molecular formula is C12H18N2O5S2. The highest BCUT2D eigenvalue weighted by atomic mass is 32.2. The Morgan fingerprint density at radius 3 is 2.33 bits per heavy atom. The summed E-state index contributed by atoms with van der Waals surface area (Å²) in [6.45, 7) is 1.80. The fourth-order valence-corrected chi connectivity index (χ4v) is 4.31. The van der Waals surface area contributed by atoms with Gasteiger partial charge in [-0.3, -0.25) is 4.79 Å². The highest BCUT2D eigenvalue weighted by molar-refractivity contribution is 7.95. The standard InChI is InChI=1S/C12H18N2O5S2/c1-9-3-4-10(7-11(9)13)14-12(15)8-21(18,19)6-5-20(2,16)17/h3-4,7H,5-6,8,13H2,1-2H3,(H,14,15). The van der Waals surface area contributed by atoms with Crippen LogP contribution in [-0.2, 0) is 24.5 Å². The van der Waals surface area contributed by atoms with Gasteiger partial charge in [-0.15, -0.1) is 0 Å². The quantitative estimate of drug-likeness (QED) is 0.704. The van der Waals surface area contributed by atoms with E-state index in [0.29, 0.717) is 11.4 Å². The monoisotopic (exact) mass is 334 g/mol. The molecule has 0 aliphatic rings. The van der Waals surface area contributed by atoms with E-state index in [4.69, 9.17) is 5.73 Å². The van der Waals surface area contributed by atoms with Crippen LogP contribution in [0.4, 0.5) is 11.4 Å². The van der Waals surface area contributed by atoms with E-state index in [2.05, 4.69) is 5.32 Å². The van der Waals surface area contributed by atoms with E-state index < -0.39 is 42.8 Å². The van der Waals surface area contributed by atoms with Gasteiger partial charge in [0.2, 0.25) is 5.91 Å². The number of carbonyl (C=O) groups is 1. The summed E-state index contributed by atoms with van der Waals surface area (Å²) in [6, 6.07) is 4.83. The normalized spacial score (nSPS) is 12.1. The van der Waals surface area contributed by atoms with Gasteiger partial charge in [0.1, 0.15) is 15.6 Å². The summed E-state index contributed by atoms with van der Waals surface area (Å²) in [7, 11) is -7.16. The summed E-state index contributed by atoms with van der Waals surface area (Å²) in [6.07, 6.45) is 0.942. The Morgan fingerprint density at radius 2 is 1.81 bits per heavy atom. The first-order chi connectivity index (χ1) is 9.48. The van der Waals surface area contributed by atoms with Crippen molar-refractivity contribution in [1.29, 1.82) is 0 Å². The van der Waals surface area contributed by atoms with E-state index in [0.717, 1.165) is 11.8 Å². The number of hydrogen-bond donors (Lipinski definition) is 2. The molecule has 1 rings (SSSR count). The maximum absolute atomic E-state index is 11.7. The van der Waals surface area contributed by atoms with Crippen molar-refractivity contribution in [3.63, 3.8) is 0 Å². The Labute approximate surface area is 124 Å². The molecule has 3 N–H and O–H groups in total. The summed E-state index contributed by atoms with van der Waals surface area (Å²) < 4.78 is 45.2. The molecule has 0 heterocycles. The summed E-state index contributed by atoms with van der Waals surface area (Å²) in [5.74, 6) is -2.57. The molecule has 1 amide bonds. The molecule has 0 saturated heterocycles. The number of rotatable bonds is 6. The second-order valence-corrected chi connectivity index (χ2v) is 9.29. The third-order valence-corrected chi connectivity index (χ3v) is 5.41. The van der Waals surface area contributed by atoms with Crippen LogP contribution in [-0.4, -0.2) is 46.3 Å². The Balaban J connectivity index is 2.66. The Morgan fingerprint density at radius 1 is 1.19 bits per heavy atom. The van der Waals surface area contributed by atoms with Crippen LogP contribution in [0.1, 0.15) is 5.56 Å². The summed E-state index contributed by atoms with van der Waals surface area (Å²) in [4.78, 5) is 11.7. The molecule has 0 aromatic heterocycles. The maximum Gasteiger partial charge on any atom is 0.239 e. The summed E-state index contributed by atoms with van der Waals surface area (Å²) >= 11 is 0. The molecule has 9 heteroatoms. The number of nitrogens with one attached hydrogen (secondary N) is 1. The van der Waals surface area contributed by atoms with Gasteiger partial charge in [-0.1, -0.05) is 6.07 Å². The molecule has 1 aromatic carbocycles. The minimum absolute atomic E-state index is 0.390. The van der Waals surface area contributed by atoms with Crippen LogP contribution < -0.4 is 11.1 Å². The van der Waals surface area contributed by atoms with E-state index in [1.54, 1.807) is 19.1 Å². The molecule has 0 saturated carbocycles. The number of benzene rings is 1. The first kappa shape index (κ1) is 17.4. The van der Waals surface area contributed by atoms with Gasteiger partial charge in [-0.2, -0.15) is 0 Å². The van der Waals surface area contributed by atoms with Crippen LogP contribution in [0.5, 0.6) is 0 Å². The van der Waals surface area contributed by atoms with Gasteiger partial charge in [0, 0.05) is 17.6 Å². The van der Waals surface area contributed by atoms with Crippen LogP contribution in [0.15, 0.2) is 18.2 Å². The number of anilines is 2. The molecule has 0 unspecified atom stereocenters. The van der Waals surface area contributed by atoms with Gasteiger partial charge in [0.25, 0.3) is 0 Å². The first-order valence-corrected chi connectivity index (χ1v) is 9.91. The van der Waals surface area contributed by atoms with Gasteiger partial charge < -0.3 is 11.1 Å². The molecule has 21 heavy (non-hydrogen) atoms. The minimum atomic E-state index is -3.77. The second kappa shape index (κ2) is 6.44. The lowest BCUT2D eigenvalue weighted by Crippen LogP contribution is -2.27. The van der Waals surface area contributed by atoms with E-state index in [9.17, 15) is 21.6 Å². The predicted octanol–water partition coefficient (Wildman–Crippen LogP) is -0.0249. The lowest BCUT2D eigenvalue weighted by atomic mass is 10.2. The number of hydrogen-bond acceptors (Lipinski definition) is 6. The lowest BCUT2D eigenvalue weighted by Gasteiger charge is -2.08. The van der Waals surface area contributed by atoms with Crippen molar-refractivity contribution in [2.24, 2.45) is 0 Å². The minimum Gasteiger partial charge on any atom is -0.398 e. The topological polar surface area (TPSA) is 123 Å². The molecule has 0 fully saturated rings. The fraction of sp³-hybridized carbons (Fsp3) is 0.417. The molecular weight excluding hydrogens is 316 g/mol. The predicted molar refractivity (Wildman–Crippen MR) is 82.6 cm³/mol. The Kier molecular flexibility index (Phi) is 5.35. The Bertz CT molecular complexity index is 739. The number of nitrogens with two attached hydrogens (primary N) is 1. The van der Waals surface area contributed by atoms with E-state index in [1.807, 2.05) is 0 Å². The van der Waals surface area contributed by atoms with Crippen molar-refractivity contribution in [2.45, 2.75) is 6.92 Å². The molecule has 0 aliphatic heterocycles. The molecule has 0 spiro atoms. The summed E-state index contributed by atoms with van der Waals surface area (Å²) in [5, 5.41) is 2.42. The van der Waals surface area contributed by atoms with Crippen molar-refractivity contribution in [3.8, 4) is 0 Å². The highest BCUT2D eigenvalue weighted by Crippen LogP contribution is 2.16. The average Bonchev–Trinajstić information content (AvgIpc) is 2.30. The van der Waals surface area contributed by atoms with Crippen LogP contribution in [0.2, 0.25) is 0 Å². The highest BCUT2D eigenvalue weighted by Gasteiger charge is 2.19. The average molecular weight is 334 g/mol. The van der Waals surface area contributed by atoms with Crippen LogP contribution in [0, 0.1) is 6.92 Å². The van der Waals surface area contributed by atoms with Gasteiger partial charge in [0.05, 0.1) is 11.5 Å². The smallest absolute Gasteiger partial charge is 0.239 e.